The van der Waals surface area contributed by atoms with Gasteiger partial charge in [-0.1, -0.05) is 127 Å². The number of nitrogens with zero attached hydrogens (tertiary/aromatic N) is 6. The van der Waals surface area contributed by atoms with Gasteiger partial charge in [0.15, 0.2) is 0 Å². The van der Waals surface area contributed by atoms with Crippen molar-refractivity contribution in [3.63, 3.8) is 0 Å². The molecule has 0 N–H and O–H groups in total. The van der Waals surface area contributed by atoms with Crippen LogP contribution in [0.3, 0.4) is 0 Å². The van der Waals surface area contributed by atoms with Crippen LogP contribution in [0.25, 0.3) is 104 Å². The monoisotopic (exact) mass is 774 g/mol. The Kier molecular flexibility index (Phi) is 7.32. The zero-order chi connectivity index (χ0) is 40.8. The van der Waals surface area contributed by atoms with Crippen LogP contribution in [0.15, 0.2) is 182 Å². The van der Waals surface area contributed by atoms with E-state index >= 15 is 0 Å². The standard InChI is InChI=1S/C55H30N6/c56-31-34-25-27-35(28-26-34)52-44(32-57)53(59-46-20-8-3-15-38(46)39-16-4-9-21-47(39)59)55(54(45(52)33-58)60-48-22-10-5-17-40(48)41-18-6-11-23-49(41)60)61-50-24-12-7-19-42(50)43-29-36-13-1-2-14-37(36)30-51(43)61/h1-30H. The van der Waals surface area contributed by atoms with Crippen LogP contribution in [0.5, 0.6) is 0 Å². The summed E-state index contributed by atoms with van der Waals surface area (Å²) >= 11 is 0. The molecule has 0 spiro atoms. The highest BCUT2D eigenvalue weighted by Crippen LogP contribution is 2.49. The number of hydrogen-bond donors (Lipinski definition) is 0. The van der Waals surface area contributed by atoms with E-state index in [4.69, 9.17) is 0 Å². The predicted octanol–water partition coefficient (Wildman–Crippen LogP) is 13.4. The van der Waals surface area contributed by atoms with Crippen LogP contribution >= 0.6 is 0 Å². The van der Waals surface area contributed by atoms with Crippen LogP contribution in [0.4, 0.5) is 0 Å². The summed E-state index contributed by atoms with van der Waals surface area (Å²) in [5.41, 5.74) is 9.92. The SMILES string of the molecule is N#Cc1ccc(-c2c(C#N)c(-n3c4ccccc4c4ccccc43)c(-n3c4ccccc4c4cc5ccccc5cc43)c(-n3c4ccccc4c4ccccc43)c2C#N)cc1. The van der Waals surface area contributed by atoms with Gasteiger partial charge < -0.3 is 13.7 Å². The molecule has 12 rings (SSSR count). The molecule has 0 unspecified atom stereocenters. The van der Waals surface area contributed by atoms with Crippen LogP contribution in [0.2, 0.25) is 0 Å². The van der Waals surface area contributed by atoms with Gasteiger partial charge in [0, 0.05) is 37.9 Å². The average molecular weight is 775 g/mol. The number of hydrogen-bond acceptors (Lipinski definition) is 3. The third-order valence-corrected chi connectivity index (χ3v) is 12.3. The Hall–Kier alpha value is -8.89. The van der Waals surface area contributed by atoms with Crippen LogP contribution in [-0.2, 0) is 0 Å². The van der Waals surface area contributed by atoms with E-state index in [1.165, 1.54) is 0 Å². The molecule has 0 aliphatic carbocycles. The van der Waals surface area contributed by atoms with Crippen molar-refractivity contribution in [2.45, 2.75) is 0 Å². The van der Waals surface area contributed by atoms with E-state index in [2.05, 4.69) is 141 Å². The molecule has 0 aliphatic rings. The highest BCUT2D eigenvalue weighted by atomic mass is 15.1. The minimum absolute atomic E-state index is 0.346. The second-order valence-electron chi connectivity index (χ2n) is 15.4. The second-order valence-corrected chi connectivity index (χ2v) is 15.4. The zero-order valence-corrected chi connectivity index (χ0v) is 32.5. The van der Waals surface area contributed by atoms with Crippen molar-refractivity contribution in [1.82, 2.24) is 13.7 Å². The summed E-state index contributed by atoms with van der Waals surface area (Å²) in [5, 5.41) is 42.0. The molecule has 6 nitrogen and oxygen atoms in total. The van der Waals surface area contributed by atoms with Crippen LogP contribution in [-0.4, -0.2) is 13.7 Å². The van der Waals surface area contributed by atoms with Gasteiger partial charge in [-0.05, 0) is 70.9 Å². The minimum Gasteiger partial charge on any atom is -0.306 e. The van der Waals surface area contributed by atoms with Crippen molar-refractivity contribution in [3.8, 4) is 46.4 Å². The van der Waals surface area contributed by atoms with Gasteiger partial charge in [-0.15, -0.1) is 0 Å². The summed E-state index contributed by atoms with van der Waals surface area (Å²) in [6, 6.07) is 69.5. The highest BCUT2D eigenvalue weighted by Gasteiger charge is 2.33. The molecule has 3 heterocycles. The number of rotatable bonds is 4. The quantitative estimate of drug-likeness (QED) is 0.178. The van der Waals surface area contributed by atoms with E-state index < -0.39 is 0 Å². The van der Waals surface area contributed by atoms with Gasteiger partial charge in [-0.25, -0.2) is 0 Å². The zero-order valence-electron chi connectivity index (χ0n) is 32.5. The molecule has 12 aromatic rings. The molecule has 280 valence electrons. The molecule has 0 fully saturated rings. The van der Waals surface area contributed by atoms with Gasteiger partial charge in [0.05, 0.1) is 72.9 Å². The molecular weight excluding hydrogens is 745 g/mol. The summed E-state index contributed by atoms with van der Waals surface area (Å²) in [4.78, 5) is 0. The van der Waals surface area contributed by atoms with Gasteiger partial charge in [0.1, 0.15) is 12.1 Å². The Morgan fingerprint density at radius 3 is 1.08 bits per heavy atom. The Bertz CT molecular complexity index is 3710. The molecule has 0 atom stereocenters. The lowest BCUT2D eigenvalue weighted by Gasteiger charge is -2.26. The van der Waals surface area contributed by atoms with Gasteiger partial charge in [0.2, 0.25) is 0 Å². The number of aromatic nitrogens is 3. The summed E-state index contributed by atoms with van der Waals surface area (Å²) in [5.74, 6) is 0. The van der Waals surface area contributed by atoms with Gasteiger partial charge in [-0.2, -0.15) is 15.8 Å². The molecule has 0 saturated heterocycles. The summed E-state index contributed by atoms with van der Waals surface area (Å²) < 4.78 is 6.75. The van der Waals surface area contributed by atoms with E-state index in [0.717, 1.165) is 76.2 Å². The van der Waals surface area contributed by atoms with Crippen molar-refractivity contribution in [2.24, 2.45) is 0 Å². The Balaban J connectivity index is 1.43. The lowest BCUT2D eigenvalue weighted by Crippen LogP contribution is -2.14. The highest BCUT2D eigenvalue weighted by molar-refractivity contribution is 6.16. The number of nitriles is 3. The predicted molar refractivity (Wildman–Crippen MR) is 247 cm³/mol. The molecule has 9 aromatic carbocycles. The van der Waals surface area contributed by atoms with Crippen molar-refractivity contribution < 1.29 is 0 Å². The van der Waals surface area contributed by atoms with E-state index in [-0.39, 0.29) is 0 Å². The largest absolute Gasteiger partial charge is 0.306 e. The second kappa shape index (κ2) is 13.1. The maximum atomic E-state index is 11.8. The third kappa shape index (κ3) is 4.75. The number of fused-ring (bicyclic) bond motifs is 10. The van der Waals surface area contributed by atoms with E-state index in [9.17, 15) is 15.8 Å². The average Bonchev–Trinajstić information content (AvgIpc) is 3.95. The fourth-order valence-electron chi connectivity index (χ4n) is 9.80. The normalized spacial score (nSPS) is 11.6. The molecule has 0 amide bonds. The molecule has 0 saturated carbocycles. The Morgan fingerprint density at radius 2 is 0.672 bits per heavy atom. The molecule has 3 aromatic heterocycles. The molecule has 0 bridgehead atoms. The number of benzene rings is 9. The molecule has 61 heavy (non-hydrogen) atoms. The van der Waals surface area contributed by atoms with E-state index in [1.54, 1.807) is 12.1 Å². The minimum atomic E-state index is 0.346. The topological polar surface area (TPSA) is 86.2 Å². The van der Waals surface area contributed by atoms with Crippen molar-refractivity contribution in [2.75, 3.05) is 0 Å². The lowest BCUT2D eigenvalue weighted by atomic mass is 9.90. The van der Waals surface area contributed by atoms with Gasteiger partial charge in [0.25, 0.3) is 0 Å². The maximum Gasteiger partial charge on any atom is 0.102 e. The van der Waals surface area contributed by atoms with Crippen LogP contribution < -0.4 is 0 Å². The Morgan fingerprint density at radius 1 is 0.311 bits per heavy atom. The fraction of sp³-hybridized carbons (Fsp3) is 0. The van der Waals surface area contributed by atoms with Crippen molar-refractivity contribution in [1.29, 1.82) is 15.8 Å². The summed E-state index contributed by atoms with van der Waals surface area (Å²) in [7, 11) is 0. The first-order valence-corrected chi connectivity index (χ1v) is 20.1. The van der Waals surface area contributed by atoms with E-state index in [0.29, 0.717) is 44.9 Å². The first kappa shape index (κ1) is 34.2. The first-order valence-electron chi connectivity index (χ1n) is 20.1. The summed E-state index contributed by atoms with van der Waals surface area (Å²) in [6.45, 7) is 0. The van der Waals surface area contributed by atoms with Crippen LogP contribution in [0, 0.1) is 34.0 Å². The lowest BCUT2D eigenvalue weighted by molar-refractivity contribution is 1.04. The summed E-state index contributed by atoms with van der Waals surface area (Å²) in [6.07, 6.45) is 0. The molecule has 0 radical (unpaired) electrons. The molecular formula is C55H30N6. The van der Waals surface area contributed by atoms with Crippen molar-refractivity contribution >= 4 is 76.2 Å². The van der Waals surface area contributed by atoms with E-state index in [1.807, 2.05) is 60.7 Å². The van der Waals surface area contributed by atoms with Gasteiger partial charge in [-0.3, -0.25) is 0 Å². The molecule has 0 aliphatic heterocycles. The smallest absolute Gasteiger partial charge is 0.102 e. The van der Waals surface area contributed by atoms with Crippen LogP contribution in [0.1, 0.15) is 16.7 Å². The Labute approximate surface area is 349 Å². The fourth-order valence-corrected chi connectivity index (χ4v) is 9.80. The third-order valence-electron chi connectivity index (χ3n) is 12.3. The molecule has 6 heteroatoms. The van der Waals surface area contributed by atoms with Gasteiger partial charge >= 0.3 is 0 Å². The maximum absolute atomic E-state index is 11.8. The first-order chi connectivity index (χ1) is 30.2. The number of para-hydroxylation sites is 5. The van der Waals surface area contributed by atoms with Crippen molar-refractivity contribution in [3.05, 3.63) is 199 Å².